The van der Waals surface area contributed by atoms with E-state index in [0.717, 1.165) is 32.2 Å². The van der Waals surface area contributed by atoms with E-state index in [4.69, 9.17) is 4.74 Å². The average Bonchev–Trinajstić information content (AvgIpc) is 2.19. The Kier molecular flexibility index (Phi) is 8.89. The van der Waals surface area contributed by atoms with Crippen molar-refractivity contribution in [3.63, 3.8) is 0 Å². The van der Waals surface area contributed by atoms with E-state index in [1.54, 1.807) is 7.11 Å². The molecule has 16 heavy (non-hydrogen) atoms. The monoisotopic (exact) mass is 251 g/mol. The van der Waals surface area contributed by atoms with Crippen LogP contribution in [0.5, 0.6) is 0 Å². The summed E-state index contributed by atoms with van der Waals surface area (Å²) in [5, 5.41) is 3.39. The molecule has 1 N–H and O–H groups in total. The fourth-order valence-corrected chi connectivity index (χ4v) is 2.28. The zero-order chi connectivity index (χ0) is 12.4. The summed E-state index contributed by atoms with van der Waals surface area (Å²) < 4.78 is 27.0. The Balaban J connectivity index is 3.66. The maximum absolute atomic E-state index is 10.9. The zero-order valence-corrected chi connectivity index (χ0v) is 11.5. The van der Waals surface area contributed by atoms with Crippen LogP contribution < -0.4 is 5.32 Å². The minimum atomic E-state index is -2.80. The molecule has 0 spiro atoms. The van der Waals surface area contributed by atoms with Gasteiger partial charge in [0.15, 0.2) is 0 Å². The molecule has 0 aromatic rings. The van der Waals surface area contributed by atoms with E-state index in [-0.39, 0.29) is 0 Å². The van der Waals surface area contributed by atoms with Crippen LogP contribution in [0.2, 0.25) is 0 Å². The molecule has 0 rings (SSSR count). The largest absolute Gasteiger partial charge is 0.383 e. The summed E-state index contributed by atoms with van der Waals surface area (Å²) in [6.07, 6.45) is 5.03. The maximum Gasteiger partial charge on any atom is 0.147 e. The lowest BCUT2D eigenvalue weighted by Crippen LogP contribution is -2.33. The quantitative estimate of drug-likeness (QED) is 0.593. The molecule has 0 saturated heterocycles. The van der Waals surface area contributed by atoms with E-state index in [0.29, 0.717) is 18.4 Å². The standard InChI is InChI=1S/C11H25NO3S/c1-4-8-12-11(10-15-2)7-5-6-9-16(3,13)14/h11-12H,4-10H2,1-3H3. The maximum atomic E-state index is 10.9. The van der Waals surface area contributed by atoms with Crippen molar-refractivity contribution >= 4 is 9.84 Å². The molecule has 1 atom stereocenters. The van der Waals surface area contributed by atoms with Crippen LogP contribution in [0.1, 0.15) is 32.6 Å². The second-order valence-corrected chi connectivity index (χ2v) is 6.49. The number of rotatable bonds is 10. The molecule has 5 heteroatoms. The highest BCUT2D eigenvalue weighted by Gasteiger charge is 2.08. The van der Waals surface area contributed by atoms with E-state index in [1.165, 1.54) is 6.26 Å². The Morgan fingerprint density at radius 3 is 2.50 bits per heavy atom. The van der Waals surface area contributed by atoms with Gasteiger partial charge in [0.1, 0.15) is 9.84 Å². The Hall–Kier alpha value is -0.130. The third-order valence-electron chi connectivity index (χ3n) is 2.37. The predicted molar refractivity (Wildman–Crippen MR) is 67.5 cm³/mol. The molecule has 0 aromatic carbocycles. The van der Waals surface area contributed by atoms with Crippen LogP contribution in [-0.2, 0) is 14.6 Å². The van der Waals surface area contributed by atoms with Crippen LogP contribution >= 0.6 is 0 Å². The molecule has 0 saturated carbocycles. The van der Waals surface area contributed by atoms with E-state index in [1.807, 2.05) is 0 Å². The first-order valence-electron chi connectivity index (χ1n) is 5.89. The summed E-state index contributed by atoms with van der Waals surface area (Å²) in [6.45, 7) is 3.81. The van der Waals surface area contributed by atoms with E-state index in [2.05, 4.69) is 12.2 Å². The summed E-state index contributed by atoms with van der Waals surface area (Å²) in [7, 11) is -1.11. The number of methoxy groups -OCH3 is 1. The van der Waals surface area contributed by atoms with Crippen molar-refractivity contribution in [1.82, 2.24) is 5.32 Å². The molecule has 0 radical (unpaired) electrons. The van der Waals surface area contributed by atoms with Gasteiger partial charge in [0, 0.05) is 25.2 Å². The predicted octanol–water partition coefficient (Wildman–Crippen LogP) is 1.22. The number of unbranched alkanes of at least 4 members (excludes halogenated alkanes) is 1. The molecule has 0 aromatic heterocycles. The fraction of sp³-hybridized carbons (Fsp3) is 1.00. The first-order valence-corrected chi connectivity index (χ1v) is 7.95. The van der Waals surface area contributed by atoms with E-state index >= 15 is 0 Å². The first kappa shape index (κ1) is 15.9. The normalized spacial score (nSPS) is 13.9. The van der Waals surface area contributed by atoms with Gasteiger partial charge in [0.05, 0.1) is 6.61 Å². The molecule has 0 amide bonds. The number of hydrogen-bond acceptors (Lipinski definition) is 4. The molecule has 0 aliphatic rings. The lowest BCUT2D eigenvalue weighted by Gasteiger charge is -2.17. The number of nitrogens with one attached hydrogen (secondary N) is 1. The van der Waals surface area contributed by atoms with Gasteiger partial charge < -0.3 is 10.1 Å². The Labute approximate surface area is 99.7 Å². The minimum Gasteiger partial charge on any atom is -0.383 e. The molecule has 98 valence electrons. The zero-order valence-electron chi connectivity index (χ0n) is 10.7. The first-order chi connectivity index (χ1) is 7.49. The van der Waals surface area contributed by atoms with Gasteiger partial charge >= 0.3 is 0 Å². The highest BCUT2D eigenvalue weighted by atomic mass is 32.2. The van der Waals surface area contributed by atoms with Gasteiger partial charge in [-0.2, -0.15) is 0 Å². The van der Waals surface area contributed by atoms with Gasteiger partial charge in [0.2, 0.25) is 0 Å². The molecular weight excluding hydrogens is 226 g/mol. The highest BCUT2D eigenvalue weighted by molar-refractivity contribution is 7.90. The van der Waals surface area contributed by atoms with Gasteiger partial charge in [-0.15, -0.1) is 0 Å². The second kappa shape index (κ2) is 8.96. The van der Waals surface area contributed by atoms with Crippen LogP contribution in [-0.4, -0.2) is 46.7 Å². The van der Waals surface area contributed by atoms with Crippen LogP contribution in [0.25, 0.3) is 0 Å². The average molecular weight is 251 g/mol. The third-order valence-corrected chi connectivity index (χ3v) is 3.40. The fourth-order valence-electron chi connectivity index (χ4n) is 1.55. The van der Waals surface area contributed by atoms with Crippen molar-refractivity contribution in [2.24, 2.45) is 0 Å². The summed E-state index contributed by atoms with van der Waals surface area (Å²) >= 11 is 0. The second-order valence-electron chi connectivity index (χ2n) is 4.23. The Bertz CT molecular complexity index is 252. The molecule has 1 unspecified atom stereocenters. The van der Waals surface area contributed by atoms with Crippen LogP contribution in [0.15, 0.2) is 0 Å². The lowest BCUT2D eigenvalue weighted by atomic mass is 10.1. The summed E-state index contributed by atoms with van der Waals surface area (Å²) in [5.74, 6) is 0.292. The van der Waals surface area contributed by atoms with Crippen molar-refractivity contribution < 1.29 is 13.2 Å². The highest BCUT2D eigenvalue weighted by Crippen LogP contribution is 2.03. The molecular formula is C11H25NO3S. The van der Waals surface area contributed by atoms with Gasteiger partial charge in [0.25, 0.3) is 0 Å². The van der Waals surface area contributed by atoms with Crippen molar-refractivity contribution in [3.05, 3.63) is 0 Å². The Morgan fingerprint density at radius 1 is 1.31 bits per heavy atom. The number of hydrogen-bond donors (Lipinski definition) is 1. The molecule has 0 fully saturated rings. The number of sulfone groups is 1. The van der Waals surface area contributed by atoms with Crippen LogP contribution in [0.4, 0.5) is 0 Å². The summed E-state index contributed by atoms with van der Waals surface area (Å²) in [4.78, 5) is 0. The van der Waals surface area contributed by atoms with E-state index in [9.17, 15) is 8.42 Å². The number of ether oxygens (including phenoxy) is 1. The van der Waals surface area contributed by atoms with Crippen molar-refractivity contribution in [3.8, 4) is 0 Å². The van der Waals surface area contributed by atoms with Gasteiger partial charge in [-0.3, -0.25) is 0 Å². The van der Waals surface area contributed by atoms with Crippen LogP contribution in [0.3, 0.4) is 0 Å². The van der Waals surface area contributed by atoms with Crippen molar-refractivity contribution in [1.29, 1.82) is 0 Å². The third kappa shape index (κ3) is 10.4. The van der Waals surface area contributed by atoms with Gasteiger partial charge in [-0.1, -0.05) is 13.3 Å². The van der Waals surface area contributed by atoms with Crippen LogP contribution in [0, 0.1) is 0 Å². The molecule has 0 aliphatic carbocycles. The molecule has 4 nitrogen and oxygen atoms in total. The smallest absolute Gasteiger partial charge is 0.147 e. The summed E-state index contributed by atoms with van der Waals surface area (Å²) in [6, 6.07) is 0.351. The van der Waals surface area contributed by atoms with Crippen molar-refractivity contribution in [2.45, 2.75) is 38.6 Å². The topological polar surface area (TPSA) is 55.4 Å². The SMILES string of the molecule is CCCNC(CCCCS(C)(=O)=O)COC. The minimum absolute atomic E-state index is 0.292. The lowest BCUT2D eigenvalue weighted by molar-refractivity contribution is 0.161. The molecule has 0 aliphatic heterocycles. The summed E-state index contributed by atoms with van der Waals surface area (Å²) in [5.41, 5.74) is 0. The molecule has 0 heterocycles. The Morgan fingerprint density at radius 2 is 2.00 bits per heavy atom. The van der Waals surface area contributed by atoms with Crippen molar-refractivity contribution in [2.75, 3.05) is 32.3 Å². The van der Waals surface area contributed by atoms with Gasteiger partial charge in [-0.05, 0) is 25.8 Å². The van der Waals surface area contributed by atoms with E-state index < -0.39 is 9.84 Å². The van der Waals surface area contributed by atoms with Gasteiger partial charge in [-0.25, -0.2) is 8.42 Å². The molecule has 0 bridgehead atoms.